The number of ether oxygens (including phenoxy) is 7. The predicted octanol–water partition coefficient (Wildman–Crippen LogP) is 14.3. The SMILES string of the molecule is C.CCOC(=O)c1c(N)[nH]c2c(F)c(-c3c(C)noc3C)c(OC)cc12.CO.COc1cc(F)c(Br)c(F)c1[N+](=O)[O-].COc1cc(F)c([N+](=O)[O-])c(F)c1-c1c(C)noc1C.COc1cc(F)c([N+](=O)[O-])c(F)c1Br.C[O-].O=[N+]([O-])c1c(F)cc(F)c(Br)c1F.[C-]#[N+]C(C(=O)OCC)c1cc(OC)c(-c2c(C)noc2C)c(F)c1[N+](=O)[O-].[Fe].[Na+].[Pd].[Y].[Y].[Y].[Y].[Y].[Y].[Y].[Y].[Y].[Y].[Y]. The molecule has 1 atom stereocenters. The molecule has 10 rings (SSSR count). The van der Waals surface area contributed by atoms with Crippen molar-refractivity contribution >= 4 is 105 Å². The molecule has 63 heteroatoms. The van der Waals surface area contributed by atoms with E-state index >= 15 is 8.78 Å². The third kappa shape index (κ3) is 40.8. The number of nitrogens with zero attached hydrogens (tertiary/aromatic N) is 9. The van der Waals surface area contributed by atoms with E-state index in [0.29, 0.717) is 33.8 Å². The van der Waals surface area contributed by atoms with Gasteiger partial charge >= 0.3 is 76.0 Å². The van der Waals surface area contributed by atoms with E-state index in [2.05, 4.69) is 82.6 Å². The molecule has 0 bridgehead atoms. The quantitative estimate of drug-likeness (QED) is 0.0105. The van der Waals surface area contributed by atoms with Gasteiger partial charge in [0.05, 0.1) is 138 Å². The van der Waals surface area contributed by atoms with Crippen molar-refractivity contribution in [2.24, 2.45) is 0 Å². The summed E-state index contributed by atoms with van der Waals surface area (Å²) in [6.07, 6.45) is 0. The van der Waals surface area contributed by atoms with Crippen LogP contribution in [0.25, 0.3) is 49.1 Å². The van der Waals surface area contributed by atoms with E-state index < -0.39 is 155 Å². The number of carbonyl (C=O) groups is 2. The van der Waals surface area contributed by atoms with Crippen LogP contribution < -0.4 is 64.1 Å². The van der Waals surface area contributed by atoms with Crippen LogP contribution in [0.15, 0.2) is 63.4 Å². The van der Waals surface area contributed by atoms with Crippen LogP contribution in [0.5, 0.6) is 28.7 Å². The predicted molar refractivity (Wildman–Crippen MR) is 401 cm³/mol. The molecular formula is C69H64Br3F11FeN11NaO24PdY11. The Balaban J connectivity index is -0.000000116. The smallest absolute Gasteiger partial charge is 0.857 e. The Bertz CT molecular complexity index is 5480. The molecule has 4 aromatic heterocycles. The van der Waals surface area contributed by atoms with Gasteiger partial charge in [0.15, 0.2) is 5.82 Å². The van der Waals surface area contributed by atoms with Crippen LogP contribution >= 0.6 is 47.8 Å². The molecule has 4 N–H and O–H groups in total. The van der Waals surface area contributed by atoms with Crippen LogP contribution in [0.3, 0.4) is 0 Å². The average molecular weight is 3040 g/mol. The van der Waals surface area contributed by atoms with Crippen molar-refractivity contribution in [3.8, 4) is 62.1 Å². The van der Waals surface area contributed by atoms with E-state index in [1.54, 1.807) is 40.7 Å². The fourth-order valence-electron chi connectivity index (χ4n) is 10.2. The number of carbonyl (C=O) groups excluding carboxylic acids is 2. The molecule has 0 fully saturated rings. The van der Waals surface area contributed by atoms with Gasteiger partial charge in [0.1, 0.15) is 73.3 Å². The van der Waals surface area contributed by atoms with Crippen LogP contribution in [0.4, 0.5) is 82.5 Å². The molecule has 0 aliphatic carbocycles. The molecule has 689 valence electrons. The second-order valence-electron chi connectivity index (χ2n) is 21.7. The molecular weight excluding hydrogens is 2980 g/mol. The standard InChI is InChI=1S/C17H16FN3O6.C17H18FN3O4.C12H10F2N2O4.2C7H4BrF2NO3.C6HBrF3NO2.CH4O.CH3O.CH4.Fe.Na.Pd.11Y/c1-6-26-17(22)15(19-4)10-7-11(25-5)13(14(18)16(10)21(23)24)12-8(2)20-27-9(12)3;1-5-24-17(22)12-9-6-10(23-4)13(11-7(2)21-25-8(11)3)14(18)15(9)20-16(12)19;1-5-9(6(2)20-15-5)10-8(19-3)4-7(13)12(11(10)14)16(17)18;1-14-4-2-3(9)7(11(12)13)6(10)5(4)8;1-14-4-2-3(9)5(8)6(10)7(4)11(12)13;7-4-2(8)1-3(9)6(5(4)10)11(12)13;2*1-2;;;;;;;;;;;;;;;/h7,15H,6H2,1-3,5H3;6,20H,5,19H2,1-4H3;4H,1-3H3;2*2H,1H3;1H;2H,1H3;1H3;1H4;;;;;;;;;;;;;;/q;;;;;;;-1;;;+1;;;;;;;;;;;;. The van der Waals surface area contributed by atoms with Crippen LogP contribution in [0.2, 0.25) is 0 Å². The molecule has 35 nitrogen and oxygen atoms in total. The van der Waals surface area contributed by atoms with Crippen molar-refractivity contribution in [3.05, 3.63) is 221 Å². The van der Waals surface area contributed by atoms with Crippen molar-refractivity contribution in [3.63, 3.8) is 0 Å². The normalized spacial score (nSPS) is 9.29. The number of nitrogens with two attached hydrogens (primary N) is 1. The molecule has 10 aromatic rings. The molecule has 1 unspecified atom stereocenters. The molecule has 0 amide bonds. The number of nitro groups is 5. The van der Waals surface area contributed by atoms with Gasteiger partial charge in [-0.05, 0) is 115 Å². The van der Waals surface area contributed by atoms with Crippen LogP contribution in [-0.4, -0.2) is 125 Å². The van der Waals surface area contributed by atoms with E-state index in [0.717, 1.165) is 45.6 Å². The van der Waals surface area contributed by atoms with Gasteiger partial charge in [-0.1, -0.05) is 22.9 Å². The maximum Gasteiger partial charge on any atom is 1.00 e. The van der Waals surface area contributed by atoms with E-state index in [1.165, 1.54) is 49.2 Å². The maximum absolute atomic E-state index is 15.3. The molecule has 11 radical (unpaired) electrons. The summed E-state index contributed by atoms with van der Waals surface area (Å²) in [6, 6.07) is 3.44. The van der Waals surface area contributed by atoms with E-state index in [9.17, 15) is 99.7 Å². The second kappa shape index (κ2) is 78.0. The largest absolute Gasteiger partial charge is 1.00 e. The zero-order valence-corrected chi connectivity index (χ0v) is 111. The Labute approximate surface area is 1090 Å². The van der Waals surface area contributed by atoms with Gasteiger partial charge in [0, 0.05) is 434 Å². The fourth-order valence-corrected chi connectivity index (χ4v) is 11.2. The summed E-state index contributed by atoms with van der Waals surface area (Å²) in [7, 11) is 7.91. The maximum atomic E-state index is 15.3. The molecule has 0 aliphatic heterocycles. The first-order chi connectivity index (χ1) is 55.0. The fraction of sp³-hybridized carbons (Fsp3) is 0.275. The number of methoxy groups -OCH3 is 5. The summed E-state index contributed by atoms with van der Waals surface area (Å²) < 4.78 is 196. The first kappa shape index (κ1) is 162. The minimum atomic E-state index is -1.70. The van der Waals surface area contributed by atoms with Gasteiger partial charge < -0.3 is 67.7 Å². The second-order valence-corrected chi connectivity index (χ2v) is 24.1. The van der Waals surface area contributed by atoms with Crippen molar-refractivity contribution in [1.82, 2.24) is 20.5 Å². The number of aliphatic hydroxyl groups excluding tert-OH is 1. The van der Waals surface area contributed by atoms with Crippen LogP contribution in [0.1, 0.15) is 77.6 Å². The molecule has 0 saturated heterocycles. The van der Waals surface area contributed by atoms with E-state index in [1.807, 2.05) is 0 Å². The van der Waals surface area contributed by atoms with Gasteiger partial charge in [-0.3, -0.25) is 55.4 Å². The number of anilines is 1. The van der Waals surface area contributed by atoms with Crippen molar-refractivity contribution < 1.29 is 566 Å². The summed E-state index contributed by atoms with van der Waals surface area (Å²) in [6.45, 7) is 20.1. The number of H-pyrrole nitrogens is 1. The number of aromatic nitrogens is 4. The number of aryl methyl sites for hydroxylation is 6. The molecule has 6 aromatic carbocycles. The summed E-state index contributed by atoms with van der Waals surface area (Å²) in [5, 5.41) is 79.9. The number of aliphatic hydroxyl groups is 1. The zero-order valence-electron chi connectivity index (χ0n) is 70.7. The Morgan fingerprint density at radius 2 is 0.750 bits per heavy atom. The number of benzene rings is 6. The average Bonchev–Trinajstić information content (AvgIpc) is 1.57. The van der Waals surface area contributed by atoms with Gasteiger partial charge in [0.25, 0.3) is 0 Å². The summed E-state index contributed by atoms with van der Waals surface area (Å²) >= 11 is 7.69. The summed E-state index contributed by atoms with van der Waals surface area (Å²) in [5.41, 5.74) is 1.72. The number of hydrogen-bond donors (Lipinski definition) is 3. The van der Waals surface area contributed by atoms with Crippen molar-refractivity contribution in [1.29, 1.82) is 0 Å². The number of hydrogen-bond acceptors (Lipinski definition) is 28. The molecule has 132 heavy (non-hydrogen) atoms. The van der Waals surface area contributed by atoms with Crippen molar-refractivity contribution in [2.75, 3.05) is 68.7 Å². The Morgan fingerprint density at radius 3 is 1.08 bits per heavy atom. The monoisotopic (exact) mass is 3040 g/mol. The summed E-state index contributed by atoms with van der Waals surface area (Å²) in [5.74, 6) is -14.9. The van der Waals surface area contributed by atoms with Gasteiger partial charge in [-0.2, -0.15) is 42.2 Å². The molecule has 4 heterocycles. The van der Waals surface area contributed by atoms with Gasteiger partial charge in [0.2, 0.25) is 52.3 Å². The Morgan fingerprint density at radius 1 is 0.462 bits per heavy atom. The minimum absolute atomic E-state index is 0. The van der Waals surface area contributed by atoms with Crippen molar-refractivity contribution in [2.45, 2.75) is 68.9 Å². The number of aromatic amines is 1. The number of rotatable bonds is 18. The zero-order chi connectivity index (χ0) is 89.6. The number of nitro benzene ring substituents is 5. The van der Waals surface area contributed by atoms with Gasteiger partial charge in [-0.25, -0.2) is 29.3 Å². The first-order valence-electron chi connectivity index (χ1n) is 31.5. The minimum Gasteiger partial charge on any atom is -0.857 e. The topological polar surface area (TPSA) is 482 Å². The summed E-state index contributed by atoms with van der Waals surface area (Å²) in [4.78, 5) is 77.6. The Kier molecular flexibility index (Phi) is 95.5. The number of esters is 2. The molecule has 0 aliphatic rings. The number of halogens is 14. The third-order valence-electron chi connectivity index (χ3n) is 15.0. The third-order valence-corrected chi connectivity index (χ3v) is 17.2. The number of nitrogens with one attached hydrogen (secondary N) is 1. The van der Waals surface area contributed by atoms with E-state index in [-0.39, 0.29) is 537 Å². The van der Waals surface area contributed by atoms with E-state index in [4.69, 9.17) is 59.8 Å². The Hall–Kier alpha value is 1.63. The molecule has 0 spiro atoms. The molecule has 0 saturated carbocycles. The van der Waals surface area contributed by atoms with Crippen LogP contribution in [0, 0.1) is 163 Å². The first-order valence-corrected chi connectivity index (χ1v) is 33.8. The van der Waals surface area contributed by atoms with Gasteiger partial charge in [-0.15, -0.1) is 0 Å². The number of fused-ring (bicyclic) bond motifs is 1. The number of nitrogen functional groups attached to an aromatic ring is 1. The van der Waals surface area contributed by atoms with Crippen LogP contribution in [-0.2, 0) is 412 Å².